The lowest BCUT2D eigenvalue weighted by Crippen LogP contribution is -2.24. The molecule has 3 aromatic rings. The number of nitrogens with zero attached hydrogens (tertiary/aromatic N) is 1. The third kappa shape index (κ3) is 2.42. The summed E-state index contributed by atoms with van der Waals surface area (Å²) in [4.78, 5) is 0. The van der Waals surface area contributed by atoms with Gasteiger partial charge in [-0.2, -0.15) is 0 Å². The van der Waals surface area contributed by atoms with Crippen molar-refractivity contribution in [2.45, 2.75) is 6.92 Å². The van der Waals surface area contributed by atoms with Crippen LogP contribution in [0.5, 0.6) is 0 Å². The first-order valence-electron chi connectivity index (χ1n) is 6.39. The molecule has 0 aliphatic rings. The van der Waals surface area contributed by atoms with Crippen molar-refractivity contribution in [2.24, 2.45) is 0 Å². The third-order valence-corrected chi connectivity index (χ3v) is 4.54. The molecule has 0 spiro atoms. The normalized spacial score (nSPS) is 12.0. The standard InChI is InChI=1S/C15H15NO4S/c1-10-8-14(16(2)21(3,17)18)20-15(10)13-9-11-6-4-5-7-12(11)19-13/h4-9H,1-3H3. The Labute approximate surface area is 122 Å². The summed E-state index contributed by atoms with van der Waals surface area (Å²) >= 11 is 0. The van der Waals surface area contributed by atoms with Crippen molar-refractivity contribution in [2.75, 3.05) is 17.6 Å². The van der Waals surface area contributed by atoms with Gasteiger partial charge in [-0.3, -0.25) is 0 Å². The van der Waals surface area contributed by atoms with Gasteiger partial charge < -0.3 is 8.83 Å². The predicted molar refractivity (Wildman–Crippen MR) is 81.9 cm³/mol. The predicted octanol–water partition coefficient (Wildman–Crippen LogP) is 3.40. The highest BCUT2D eigenvalue weighted by Gasteiger charge is 2.20. The Balaban J connectivity index is 2.09. The van der Waals surface area contributed by atoms with Crippen LogP contribution >= 0.6 is 0 Å². The average Bonchev–Trinajstić information content (AvgIpc) is 2.99. The molecule has 0 amide bonds. The second-order valence-corrected chi connectivity index (χ2v) is 6.99. The van der Waals surface area contributed by atoms with E-state index in [2.05, 4.69) is 0 Å². The molecule has 0 saturated heterocycles. The van der Waals surface area contributed by atoms with E-state index in [1.807, 2.05) is 37.3 Å². The number of furan rings is 2. The molecule has 0 N–H and O–H groups in total. The molecule has 1 aromatic carbocycles. The van der Waals surface area contributed by atoms with Crippen LogP contribution in [0.15, 0.2) is 45.2 Å². The van der Waals surface area contributed by atoms with E-state index in [4.69, 9.17) is 8.83 Å². The lowest BCUT2D eigenvalue weighted by molar-refractivity contribution is 0.540. The van der Waals surface area contributed by atoms with Gasteiger partial charge in [-0.05, 0) is 19.1 Å². The van der Waals surface area contributed by atoms with Crippen molar-refractivity contribution in [1.29, 1.82) is 0 Å². The SMILES string of the molecule is Cc1cc(N(C)S(C)(=O)=O)oc1-c1cc2ccccc2o1. The van der Waals surface area contributed by atoms with Gasteiger partial charge in [0.2, 0.25) is 15.9 Å². The van der Waals surface area contributed by atoms with Crippen molar-refractivity contribution in [3.05, 3.63) is 42.0 Å². The van der Waals surface area contributed by atoms with Crippen LogP contribution in [0.3, 0.4) is 0 Å². The Morgan fingerprint density at radius 2 is 1.81 bits per heavy atom. The van der Waals surface area contributed by atoms with E-state index in [1.165, 1.54) is 7.05 Å². The van der Waals surface area contributed by atoms with Gasteiger partial charge in [0.15, 0.2) is 11.5 Å². The quantitative estimate of drug-likeness (QED) is 0.744. The molecule has 0 radical (unpaired) electrons. The molecule has 0 bridgehead atoms. The van der Waals surface area contributed by atoms with Crippen LogP contribution in [0, 0.1) is 6.92 Å². The van der Waals surface area contributed by atoms with Gasteiger partial charge >= 0.3 is 0 Å². The summed E-state index contributed by atoms with van der Waals surface area (Å²) in [6, 6.07) is 11.2. The first kappa shape index (κ1) is 13.8. The van der Waals surface area contributed by atoms with E-state index in [0.717, 1.165) is 27.1 Å². The number of aryl methyl sites for hydroxylation is 1. The molecule has 6 heteroatoms. The van der Waals surface area contributed by atoms with Gasteiger partial charge in [-0.15, -0.1) is 0 Å². The molecule has 0 atom stereocenters. The minimum absolute atomic E-state index is 0.269. The zero-order valence-corrected chi connectivity index (χ0v) is 12.8. The lowest BCUT2D eigenvalue weighted by Gasteiger charge is -2.12. The molecular weight excluding hydrogens is 290 g/mol. The summed E-state index contributed by atoms with van der Waals surface area (Å²) in [5, 5.41) is 0.973. The van der Waals surface area contributed by atoms with Gasteiger partial charge in [0.05, 0.1) is 6.26 Å². The van der Waals surface area contributed by atoms with Crippen LogP contribution in [-0.4, -0.2) is 21.7 Å². The van der Waals surface area contributed by atoms with Crippen molar-refractivity contribution in [3.8, 4) is 11.5 Å². The second kappa shape index (κ2) is 4.66. The van der Waals surface area contributed by atoms with Crippen LogP contribution in [0.25, 0.3) is 22.5 Å². The topological polar surface area (TPSA) is 63.7 Å². The molecule has 2 aromatic heterocycles. The zero-order chi connectivity index (χ0) is 15.2. The van der Waals surface area contributed by atoms with Crippen LogP contribution in [0.2, 0.25) is 0 Å². The first-order valence-corrected chi connectivity index (χ1v) is 8.24. The second-order valence-electron chi connectivity index (χ2n) is 4.98. The number of para-hydroxylation sites is 1. The Hall–Kier alpha value is -2.21. The molecule has 2 heterocycles. The minimum Gasteiger partial charge on any atom is -0.453 e. The van der Waals surface area contributed by atoms with E-state index in [1.54, 1.807) is 6.07 Å². The number of benzene rings is 1. The van der Waals surface area contributed by atoms with E-state index >= 15 is 0 Å². The number of hydrogen-bond acceptors (Lipinski definition) is 4. The summed E-state index contributed by atoms with van der Waals surface area (Å²) in [6.45, 7) is 1.85. The molecule has 0 saturated carbocycles. The summed E-state index contributed by atoms with van der Waals surface area (Å²) in [5.74, 6) is 1.39. The molecule has 0 aliphatic heterocycles. The maximum Gasteiger partial charge on any atom is 0.234 e. The number of anilines is 1. The molecule has 0 fully saturated rings. The van der Waals surface area contributed by atoms with Gasteiger partial charge in [-0.25, -0.2) is 12.7 Å². The smallest absolute Gasteiger partial charge is 0.234 e. The van der Waals surface area contributed by atoms with E-state index < -0.39 is 10.0 Å². The fourth-order valence-electron chi connectivity index (χ4n) is 2.12. The van der Waals surface area contributed by atoms with Gasteiger partial charge in [0.25, 0.3) is 0 Å². The van der Waals surface area contributed by atoms with Crippen molar-refractivity contribution in [1.82, 2.24) is 0 Å². The van der Waals surface area contributed by atoms with E-state index in [0.29, 0.717) is 11.5 Å². The highest BCUT2D eigenvalue weighted by atomic mass is 32.2. The van der Waals surface area contributed by atoms with Gasteiger partial charge in [0, 0.05) is 24.1 Å². The molecule has 0 unspecified atom stereocenters. The maximum absolute atomic E-state index is 11.6. The fraction of sp³-hybridized carbons (Fsp3) is 0.200. The number of sulfonamides is 1. The van der Waals surface area contributed by atoms with E-state index in [-0.39, 0.29) is 5.88 Å². The van der Waals surface area contributed by atoms with Crippen molar-refractivity contribution >= 4 is 26.9 Å². The Morgan fingerprint density at radius 3 is 2.48 bits per heavy atom. The summed E-state index contributed by atoms with van der Waals surface area (Å²) in [7, 11) is -1.90. The minimum atomic E-state index is -3.36. The van der Waals surface area contributed by atoms with Crippen molar-refractivity contribution in [3.63, 3.8) is 0 Å². The largest absolute Gasteiger partial charge is 0.453 e. The molecule has 110 valence electrons. The zero-order valence-electron chi connectivity index (χ0n) is 12.0. The maximum atomic E-state index is 11.6. The summed E-state index contributed by atoms with van der Waals surface area (Å²) in [6.07, 6.45) is 1.13. The van der Waals surface area contributed by atoms with Crippen LogP contribution in [-0.2, 0) is 10.0 Å². The monoisotopic (exact) mass is 305 g/mol. The summed E-state index contributed by atoms with van der Waals surface area (Å²) < 4.78 is 35.7. The average molecular weight is 305 g/mol. The molecule has 3 rings (SSSR count). The summed E-state index contributed by atoms with van der Waals surface area (Å²) in [5.41, 5.74) is 1.58. The highest BCUT2D eigenvalue weighted by molar-refractivity contribution is 7.92. The highest BCUT2D eigenvalue weighted by Crippen LogP contribution is 2.34. The molecule has 21 heavy (non-hydrogen) atoms. The Bertz CT molecular complexity index is 872. The van der Waals surface area contributed by atoms with E-state index in [9.17, 15) is 8.42 Å². The fourth-order valence-corrected chi connectivity index (χ4v) is 2.54. The Kier molecular flexibility index (Phi) is 3.06. The van der Waals surface area contributed by atoms with Gasteiger partial charge in [0.1, 0.15) is 5.58 Å². The van der Waals surface area contributed by atoms with Crippen LogP contribution < -0.4 is 4.31 Å². The molecular formula is C15H15NO4S. The van der Waals surface area contributed by atoms with Crippen LogP contribution in [0.1, 0.15) is 5.56 Å². The first-order chi connectivity index (χ1) is 9.86. The number of hydrogen-bond donors (Lipinski definition) is 0. The number of rotatable bonds is 3. The van der Waals surface area contributed by atoms with Gasteiger partial charge in [-0.1, -0.05) is 18.2 Å². The number of fused-ring (bicyclic) bond motifs is 1. The molecule has 5 nitrogen and oxygen atoms in total. The van der Waals surface area contributed by atoms with Crippen molar-refractivity contribution < 1.29 is 17.3 Å². The molecule has 0 aliphatic carbocycles. The lowest BCUT2D eigenvalue weighted by atomic mass is 10.2. The Morgan fingerprint density at radius 1 is 1.10 bits per heavy atom. The van der Waals surface area contributed by atoms with Crippen LogP contribution in [0.4, 0.5) is 5.88 Å². The third-order valence-electron chi connectivity index (χ3n) is 3.36.